The standard InChI is InChI=1S/C26H25N3O3/c1-18-11-12-22(32-18)15-27-25(30)14-21-17-29-23-10-6-5-9-20(23)13-24(29)26(31)28(21)16-19-7-3-2-4-8-19/h2-13,21H,14-17H2,1H3,(H,27,30). The Labute approximate surface area is 186 Å². The number of benzene rings is 2. The van der Waals surface area contributed by atoms with Gasteiger partial charge in [-0.15, -0.1) is 0 Å². The summed E-state index contributed by atoms with van der Waals surface area (Å²) in [4.78, 5) is 28.2. The molecular weight excluding hydrogens is 402 g/mol. The van der Waals surface area contributed by atoms with Crippen LogP contribution in [0.15, 0.2) is 77.2 Å². The molecule has 6 nitrogen and oxygen atoms in total. The normalized spacial score (nSPS) is 15.7. The van der Waals surface area contributed by atoms with E-state index in [1.54, 1.807) is 0 Å². The van der Waals surface area contributed by atoms with E-state index in [0.29, 0.717) is 25.3 Å². The molecule has 0 radical (unpaired) electrons. The Balaban J connectivity index is 1.40. The van der Waals surface area contributed by atoms with E-state index in [-0.39, 0.29) is 24.3 Å². The van der Waals surface area contributed by atoms with Crippen molar-refractivity contribution < 1.29 is 14.0 Å². The molecule has 32 heavy (non-hydrogen) atoms. The molecule has 0 fully saturated rings. The summed E-state index contributed by atoms with van der Waals surface area (Å²) in [6, 6.07) is 23.3. The Morgan fingerprint density at radius 3 is 2.62 bits per heavy atom. The van der Waals surface area contributed by atoms with Crippen molar-refractivity contribution in [2.75, 3.05) is 0 Å². The van der Waals surface area contributed by atoms with E-state index in [1.807, 2.05) is 89.2 Å². The van der Waals surface area contributed by atoms with Crippen LogP contribution in [0.25, 0.3) is 10.9 Å². The molecule has 1 aliphatic heterocycles. The van der Waals surface area contributed by atoms with Crippen LogP contribution in [0, 0.1) is 6.92 Å². The molecule has 6 heteroatoms. The highest BCUT2D eigenvalue weighted by molar-refractivity contribution is 6.00. The lowest BCUT2D eigenvalue weighted by molar-refractivity contribution is -0.122. The van der Waals surface area contributed by atoms with Crippen LogP contribution in [-0.4, -0.2) is 27.3 Å². The maximum atomic E-state index is 13.5. The van der Waals surface area contributed by atoms with Gasteiger partial charge in [-0.3, -0.25) is 9.59 Å². The second-order valence-corrected chi connectivity index (χ2v) is 8.26. The van der Waals surface area contributed by atoms with Crippen molar-refractivity contribution in [3.8, 4) is 0 Å². The first-order chi connectivity index (χ1) is 15.6. The van der Waals surface area contributed by atoms with Crippen molar-refractivity contribution in [1.82, 2.24) is 14.8 Å². The zero-order valence-corrected chi connectivity index (χ0v) is 18.0. The number of nitrogens with one attached hydrogen (secondary N) is 1. The highest BCUT2D eigenvalue weighted by atomic mass is 16.3. The Morgan fingerprint density at radius 1 is 1.06 bits per heavy atom. The fraction of sp³-hybridized carbons (Fsp3) is 0.231. The van der Waals surface area contributed by atoms with Crippen molar-refractivity contribution in [1.29, 1.82) is 0 Å². The van der Waals surface area contributed by atoms with Crippen LogP contribution in [-0.2, 0) is 24.4 Å². The Hall–Kier alpha value is -3.80. The highest BCUT2D eigenvalue weighted by Crippen LogP contribution is 2.29. The highest BCUT2D eigenvalue weighted by Gasteiger charge is 2.34. The number of nitrogens with zero attached hydrogens (tertiary/aromatic N) is 2. The number of furan rings is 1. The van der Waals surface area contributed by atoms with Crippen LogP contribution < -0.4 is 5.32 Å². The van der Waals surface area contributed by atoms with Gasteiger partial charge in [0.2, 0.25) is 5.91 Å². The Kier molecular flexibility index (Phi) is 5.27. The van der Waals surface area contributed by atoms with Crippen molar-refractivity contribution in [2.45, 2.75) is 39.0 Å². The average Bonchev–Trinajstić information content (AvgIpc) is 3.39. The van der Waals surface area contributed by atoms with Gasteiger partial charge >= 0.3 is 0 Å². The number of carbonyl (C=O) groups is 2. The third-order valence-corrected chi connectivity index (χ3v) is 6.00. The SMILES string of the molecule is Cc1ccc(CNC(=O)CC2Cn3c(cc4ccccc43)C(=O)N2Cc2ccccc2)o1. The van der Waals surface area contributed by atoms with Gasteiger partial charge in [0.15, 0.2) is 0 Å². The minimum atomic E-state index is -0.246. The summed E-state index contributed by atoms with van der Waals surface area (Å²) in [5, 5.41) is 3.97. The van der Waals surface area contributed by atoms with Gasteiger partial charge in [-0.25, -0.2) is 0 Å². The number of fused-ring (bicyclic) bond motifs is 3. The molecule has 3 heterocycles. The first kappa shape index (κ1) is 20.1. The van der Waals surface area contributed by atoms with Gasteiger partial charge in [-0.1, -0.05) is 48.5 Å². The van der Waals surface area contributed by atoms with E-state index in [9.17, 15) is 9.59 Å². The fourth-order valence-corrected chi connectivity index (χ4v) is 4.41. The van der Waals surface area contributed by atoms with Crippen LogP contribution in [0.2, 0.25) is 0 Å². The molecular formula is C26H25N3O3. The number of aryl methyl sites for hydroxylation is 1. The van der Waals surface area contributed by atoms with Gasteiger partial charge in [0.1, 0.15) is 17.2 Å². The van der Waals surface area contributed by atoms with Crippen LogP contribution >= 0.6 is 0 Å². The summed E-state index contributed by atoms with van der Waals surface area (Å²) in [5.41, 5.74) is 2.73. The molecule has 4 aromatic rings. The molecule has 1 aliphatic rings. The molecule has 0 saturated heterocycles. The van der Waals surface area contributed by atoms with Crippen LogP contribution in [0.4, 0.5) is 0 Å². The first-order valence-electron chi connectivity index (χ1n) is 10.8. The predicted octanol–water partition coefficient (Wildman–Crippen LogP) is 4.27. The summed E-state index contributed by atoms with van der Waals surface area (Å²) in [6.07, 6.45) is 0.226. The molecule has 2 aromatic heterocycles. The molecule has 2 amide bonds. The molecule has 2 aromatic carbocycles. The lowest BCUT2D eigenvalue weighted by atomic mass is 10.1. The minimum absolute atomic E-state index is 0.0456. The third kappa shape index (κ3) is 3.91. The van der Waals surface area contributed by atoms with Gasteiger partial charge in [-0.05, 0) is 36.8 Å². The Morgan fingerprint density at radius 2 is 1.84 bits per heavy atom. The van der Waals surface area contributed by atoms with Gasteiger partial charge in [-0.2, -0.15) is 0 Å². The van der Waals surface area contributed by atoms with Crippen molar-refractivity contribution >= 4 is 22.7 Å². The second-order valence-electron chi connectivity index (χ2n) is 8.26. The van der Waals surface area contributed by atoms with Gasteiger partial charge in [0.25, 0.3) is 5.91 Å². The van der Waals surface area contributed by atoms with E-state index in [2.05, 4.69) is 5.32 Å². The maximum Gasteiger partial charge on any atom is 0.271 e. The maximum absolute atomic E-state index is 13.5. The summed E-state index contributed by atoms with van der Waals surface area (Å²) in [6.45, 7) is 3.26. The number of rotatable bonds is 6. The molecule has 1 atom stereocenters. The predicted molar refractivity (Wildman–Crippen MR) is 122 cm³/mol. The number of aromatic nitrogens is 1. The molecule has 0 aliphatic carbocycles. The molecule has 162 valence electrons. The summed E-state index contributed by atoms with van der Waals surface area (Å²) < 4.78 is 7.59. The largest absolute Gasteiger partial charge is 0.465 e. The molecule has 1 unspecified atom stereocenters. The van der Waals surface area contributed by atoms with E-state index >= 15 is 0 Å². The lowest BCUT2D eigenvalue weighted by Crippen LogP contribution is -2.49. The van der Waals surface area contributed by atoms with Crippen LogP contribution in [0.1, 0.15) is 34.0 Å². The van der Waals surface area contributed by atoms with E-state index in [0.717, 1.165) is 28.0 Å². The molecule has 0 saturated carbocycles. The minimum Gasteiger partial charge on any atom is -0.465 e. The van der Waals surface area contributed by atoms with Crippen molar-refractivity contribution in [3.63, 3.8) is 0 Å². The van der Waals surface area contributed by atoms with Crippen molar-refractivity contribution in [3.05, 3.63) is 95.6 Å². The molecule has 0 bridgehead atoms. The Bertz CT molecular complexity index is 1270. The average molecular weight is 428 g/mol. The summed E-state index contributed by atoms with van der Waals surface area (Å²) >= 11 is 0. The monoisotopic (exact) mass is 427 g/mol. The lowest BCUT2D eigenvalue weighted by Gasteiger charge is -2.36. The first-order valence-corrected chi connectivity index (χ1v) is 10.8. The van der Waals surface area contributed by atoms with Gasteiger partial charge < -0.3 is 19.2 Å². The van der Waals surface area contributed by atoms with Crippen LogP contribution in [0.5, 0.6) is 0 Å². The molecule has 0 spiro atoms. The van der Waals surface area contributed by atoms with Crippen LogP contribution in [0.3, 0.4) is 0 Å². The fourth-order valence-electron chi connectivity index (χ4n) is 4.41. The van der Waals surface area contributed by atoms with Gasteiger partial charge in [0, 0.05) is 30.4 Å². The zero-order valence-electron chi connectivity index (χ0n) is 18.0. The quantitative estimate of drug-likeness (QED) is 0.500. The second kappa shape index (κ2) is 8.38. The smallest absolute Gasteiger partial charge is 0.271 e. The zero-order chi connectivity index (χ0) is 22.1. The number of hydrogen-bond donors (Lipinski definition) is 1. The van der Waals surface area contributed by atoms with Crippen molar-refractivity contribution in [2.24, 2.45) is 0 Å². The van der Waals surface area contributed by atoms with Gasteiger partial charge in [0.05, 0.1) is 12.6 Å². The molecule has 5 rings (SSSR count). The number of para-hydroxylation sites is 1. The van der Waals surface area contributed by atoms with E-state index in [4.69, 9.17) is 4.42 Å². The number of carbonyl (C=O) groups excluding carboxylic acids is 2. The number of hydrogen-bond acceptors (Lipinski definition) is 3. The number of amides is 2. The third-order valence-electron chi connectivity index (χ3n) is 6.00. The topological polar surface area (TPSA) is 67.5 Å². The van der Waals surface area contributed by atoms with E-state index < -0.39 is 0 Å². The van der Waals surface area contributed by atoms with E-state index in [1.165, 1.54) is 0 Å². The summed E-state index contributed by atoms with van der Waals surface area (Å²) in [5.74, 6) is 1.38. The summed E-state index contributed by atoms with van der Waals surface area (Å²) in [7, 11) is 0. The molecule has 1 N–H and O–H groups in total.